The highest BCUT2D eigenvalue weighted by Gasteiger charge is 2.42. The van der Waals surface area contributed by atoms with Crippen LogP contribution in [-0.4, -0.2) is 68.5 Å². The van der Waals surface area contributed by atoms with E-state index in [0.29, 0.717) is 18.8 Å². The van der Waals surface area contributed by atoms with Gasteiger partial charge in [-0.3, -0.25) is 9.89 Å². The lowest BCUT2D eigenvalue weighted by atomic mass is 9.85. The van der Waals surface area contributed by atoms with Gasteiger partial charge >= 0.3 is 6.18 Å². The second kappa shape index (κ2) is 8.99. The maximum atomic E-state index is 12.8. The third-order valence-corrected chi connectivity index (χ3v) is 6.54. The van der Waals surface area contributed by atoms with E-state index in [1.165, 1.54) is 12.8 Å². The van der Waals surface area contributed by atoms with Crippen LogP contribution in [0.1, 0.15) is 51.4 Å². The molecule has 3 fully saturated rings. The van der Waals surface area contributed by atoms with Crippen LogP contribution in [0.4, 0.5) is 13.2 Å². The molecule has 2 aliphatic heterocycles. The van der Waals surface area contributed by atoms with E-state index in [9.17, 15) is 13.2 Å². The first-order chi connectivity index (χ1) is 12.9. The van der Waals surface area contributed by atoms with Crippen molar-refractivity contribution in [1.29, 1.82) is 0 Å². The number of nitrogens with one attached hydrogen (secondary N) is 2. The summed E-state index contributed by atoms with van der Waals surface area (Å²) in [7, 11) is 1.73. The molecule has 0 aromatic rings. The Kier molecular flexibility index (Phi) is 6.89. The van der Waals surface area contributed by atoms with Gasteiger partial charge in [0.2, 0.25) is 0 Å². The van der Waals surface area contributed by atoms with E-state index in [0.717, 1.165) is 45.7 Å². The van der Waals surface area contributed by atoms with Crippen molar-refractivity contribution in [1.82, 2.24) is 15.5 Å². The molecular weight excluding hydrogens is 357 g/mol. The predicted octanol–water partition coefficient (Wildman–Crippen LogP) is 2.92. The molecule has 0 aromatic carbocycles. The number of nitrogens with zero attached hydrogens (tertiary/aromatic N) is 2. The molecule has 27 heavy (non-hydrogen) atoms. The number of aliphatic imine (C=N–C) groups is 1. The molecule has 156 valence electrons. The fourth-order valence-corrected chi connectivity index (χ4v) is 4.75. The minimum Gasteiger partial charge on any atom is -0.381 e. The molecule has 2 heterocycles. The highest BCUT2D eigenvalue weighted by molar-refractivity contribution is 5.80. The molecular formula is C19H33F3N4O. The summed E-state index contributed by atoms with van der Waals surface area (Å²) >= 11 is 0. The van der Waals surface area contributed by atoms with Crippen molar-refractivity contribution in [3.05, 3.63) is 0 Å². The summed E-state index contributed by atoms with van der Waals surface area (Å²) in [5.74, 6) is -0.443. The molecule has 2 saturated heterocycles. The number of rotatable bonds is 4. The van der Waals surface area contributed by atoms with E-state index in [1.54, 1.807) is 7.05 Å². The topological polar surface area (TPSA) is 48.9 Å². The summed E-state index contributed by atoms with van der Waals surface area (Å²) in [6.07, 6.45) is 1.93. The number of guanidine groups is 1. The van der Waals surface area contributed by atoms with Crippen molar-refractivity contribution in [2.45, 2.75) is 69.1 Å². The van der Waals surface area contributed by atoms with Crippen LogP contribution < -0.4 is 10.6 Å². The Labute approximate surface area is 160 Å². The van der Waals surface area contributed by atoms with Crippen molar-refractivity contribution in [3.63, 3.8) is 0 Å². The number of ether oxygens (including phenoxy) is 1. The van der Waals surface area contributed by atoms with Crippen LogP contribution in [0, 0.1) is 5.92 Å². The van der Waals surface area contributed by atoms with Gasteiger partial charge in [-0.25, -0.2) is 0 Å². The Morgan fingerprint density at radius 3 is 2.30 bits per heavy atom. The molecule has 8 heteroatoms. The van der Waals surface area contributed by atoms with Gasteiger partial charge in [-0.05, 0) is 64.5 Å². The van der Waals surface area contributed by atoms with Gasteiger partial charge in [-0.2, -0.15) is 13.2 Å². The van der Waals surface area contributed by atoms with Gasteiger partial charge in [-0.1, -0.05) is 0 Å². The summed E-state index contributed by atoms with van der Waals surface area (Å²) in [5, 5.41) is 6.81. The molecule has 0 spiro atoms. The molecule has 1 aliphatic carbocycles. The average Bonchev–Trinajstić information content (AvgIpc) is 3.21. The van der Waals surface area contributed by atoms with Gasteiger partial charge in [0.05, 0.1) is 5.92 Å². The molecule has 3 aliphatic rings. The number of hydrogen-bond acceptors (Lipinski definition) is 3. The summed E-state index contributed by atoms with van der Waals surface area (Å²) in [6, 6.07) is 0.0622. The van der Waals surface area contributed by atoms with E-state index in [-0.39, 0.29) is 24.4 Å². The Hall–Kier alpha value is -1.02. The van der Waals surface area contributed by atoms with E-state index < -0.39 is 12.1 Å². The fourth-order valence-electron chi connectivity index (χ4n) is 4.75. The van der Waals surface area contributed by atoms with Crippen LogP contribution in [0.3, 0.4) is 0 Å². The molecule has 3 rings (SSSR count). The Morgan fingerprint density at radius 2 is 1.74 bits per heavy atom. The lowest BCUT2D eigenvalue weighted by Crippen LogP contribution is -2.59. The summed E-state index contributed by atoms with van der Waals surface area (Å²) in [4.78, 5) is 6.90. The first kappa shape index (κ1) is 20.7. The molecule has 0 unspecified atom stereocenters. The maximum Gasteiger partial charge on any atom is 0.391 e. The van der Waals surface area contributed by atoms with Gasteiger partial charge < -0.3 is 15.4 Å². The molecule has 5 nitrogen and oxygen atoms in total. The van der Waals surface area contributed by atoms with Crippen LogP contribution >= 0.6 is 0 Å². The quantitative estimate of drug-likeness (QED) is 0.573. The monoisotopic (exact) mass is 390 g/mol. The second-order valence-electron chi connectivity index (χ2n) is 8.19. The van der Waals surface area contributed by atoms with E-state index in [4.69, 9.17) is 4.74 Å². The van der Waals surface area contributed by atoms with Gasteiger partial charge in [0, 0.05) is 38.4 Å². The van der Waals surface area contributed by atoms with Gasteiger partial charge in [0.1, 0.15) is 0 Å². The molecule has 1 saturated carbocycles. The zero-order valence-electron chi connectivity index (χ0n) is 16.3. The zero-order valence-corrected chi connectivity index (χ0v) is 16.3. The lowest BCUT2D eigenvalue weighted by Gasteiger charge is -2.45. The Bertz CT molecular complexity index is 492. The van der Waals surface area contributed by atoms with Crippen LogP contribution in [0.2, 0.25) is 0 Å². The fraction of sp³-hybridized carbons (Fsp3) is 0.947. The molecule has 0 bridgehead atoms. The third-order valence-electron chi connectivity index (χ3n) is 6.54. The smallest absolute Gasteiger partial charge is 0.381 e. The van der Waals surface area contributed by atoms with Crippen molar-refractivity contribution < 1.29 is 17.9 Å². The largest absolute Gasteiger partial charge is 0.391 e. The number of likely N-dealkylation sites (tertiary alicyclic amines) is 1. The van der Waals surface area contributed by atoms with Gasteiger partial charge in [0.25, 0.3) is 0 Å². The SMILES string of the molecule is CN=C(NCC1(N2CCCC2)CCOCC1)NC1CCC(C(F)(F)F)CC1. The van der Waals surface area contributed by atoms with Crippen LogP contribution in [-0.2, 0) is 4.74 Å². The van der Waals surface area contributed by atoms with E-state index in [1.807, 2.05) is 0 Å². The molecule has 2 N–H and O–H groups in total. The van der Waals surface area contributed by atoms with Crippen molar-refractivity contribution in [3.8, 4) is 0 Å². The highest BCUT2D eigenvalue weighted by atomic mass is 19.4. The van der Waals surface area contributed by atoms with Crippen molar-refractivity contribution >= 4 is 5.96 Å². The lowest BCUT2D eigenvalue weighted by molar-refractivity contribution is -0.182. The first-order valence-electron chi connectivity index (χ1n) is 10.3. The Balaban J connectivity index is 1.51. The minimum absolute atomic E-state index is 0.0622. The number of hydrogen-bond donors (Lipinski definition) is 2. The minimum atomic E-state index is -4.06. The standard InChI is InChI=1S/C19H33F3N4O/c1-23-17(25-16-6-4-15(5-7-16)19(20,21)22)24-14-18(8-12-27-13-9-18)26-10-2-3-11-26/h15-16H,2-14H2,1H3,(H2,23,24,25). The number of alkyl halides is 3. The van der Waals surface area contributed by atoms with E-state index in [2.05, 4.69) is 20.5 Å². The van der Waals surface area contributed by atoms with Crippen LogP contribution in [0.5, 0.6) is 0 Å². The van der Waals surface area contributed by atoms with Crippen molar-refractivity contribution in [2.75, 3.05) is 39.9 Å². The predicted molar refractivity (Wildman–Crippen MR) is 99.9 cm³/mol. The highest BCUT2D eigenvalue weighted by Crippen LogP contribution is 2.37. The van der Waals surface area contributed by atoms with Crippen molar-refractivity contribution in [2.24, 2.45) is 10.9 Å². The second-order valence-corrected chi connectivity index (χ2v) is 8.19. The molecule has 0 aromatic heterocycles. The molecule has 0 amide bonds. The summed E-state index contributed by atoms with van der Waals surface area (Å²) in [5.41, 5.74) is 0.0975. The Morgan fingerprint density at radius 1 is 1.11 bits per heavy atom. The summed E-state index contributed by atoms with van der Waals surface area (Å²) < 4.78 is 44.1. The van der Waals surface area contributed by atoms with Crippen LogP contribution in [0.15, 0.2) is 4.99 Å². The third kappa shape index (κ3) is 5.28. The zero-order chi connectivity index (χ0) is 19.3. The average molecular weight is 390 g/mol. The van der Waals surface area contributed by atoms with Crippen LogP contribution in [0.25, 0.3) is 0 Å². The molecule has 0 atom stereocenters. The maximum absolute atomic E-state index is 12.8. The number of halogens is 3. The first-order valence-corrected chi connectivity index (χ1v) is 10.3. The van der Waals surface area contributed by atoms with E-state index >= 15 is 0 Å². The van der Waals surface area contributed by atoms with Gasteiger partial charge in [-0.15, -0.1) is 0 Å². The van der Waals surface area contributed by atoms with Gasteiger partial charge in [0.15, 0.2) is 5.96 Å². The normalized spacial score (nSPS) is 30.3. The molecule has 0 radical (unpaired) electrons. The summed E-state index contributed by atoms with van der Waals surface area (Å²) in [6.45, 7) is 4.63.